The number of hydrogen-bond acceptors (Lipinski definition) is 5. The first-order chi connectivity index (χ1) is 12.2. The molecule has 0 unspecified atom stereocenters. The lowest BCUT2D eigenvalue weighted by Gasteiger charge is -2.27. The normalized spacial score (nSPS) is 21.0. The van der Waals surface area contributed by atoms with Crippen molar-refractivity contribution in [2.75, 3.05) is 51.0 Å². The van der Waals surface area contributed by atoms with Crippen molar-refractivity contribution in [1.82, 2.24) is 14.9 Å². The molecule has 1 amide bonds. The standard InChI is InChI=1S/C18H24N4O3/c1-21-16-3-2-14(17(23)19-11-13-4-7-25-12-13)10-15(16)20-18(21)22-5-8-24-9-6-22/h2-3,10,13H,4-9,11-12H2,1H3,(H,19,23)/t13-/m0/s1. The average molecular weight is 344 g/mol. The second kappa shape index (κ2) is 7.01. The fourth-order valence-electron chi connectivity index (χ4n) is 3.46. The highest BCUT2D eigenvalue weighted by atomic mass is 16.5. The zero-order valence-corrected chi connectivity index (χ0v) is 14.5. The van der Waals surface area contributed by atoms with E-state index < -0.39 is 0 Å². The van der Waals surface area contributed by atoms with Gasteiger partial charge in [-0.15, -0.1) is 0 Å². The number of carbonyl (C=O) groups is 1. The van der Waals surface area contributed by atoms with Crippen molar-refractivity contribution >= 4 is 22.9 Å². The van der Waals surface area contributed by atoms with Crippen molar-refractivity contribution < 1.29 is 14.3 Å². The van der Waals surface area contributed by atoms with Crippen LogP contribution in [-0.4, -0.2) is 61.5 Å². The van der Waals surface area contributed by atoms with Crippen molar-refractivity contribution in [2.45, 2.75) is 6.42 Å². The predicted octanol–water partition coefficient (Wildman–Crippen LogP) is 1.18. The van der Waals surface area contributed by atoms with Crippen molar-refractivity contribution in [1.29, 1.82) is 0 Å². The number of anilines is 1. The zero-order valence-electron chi connectivity index (χ0n) is 14.5. The smallest absolute Gasteiger partial charge is 0.251 e. The summed E-state index contributed by atoms with van der Waals surface area (Å²) in [6, 6.07) is 5.72. The summed E-state index contributed by atoms with van der Waals surface area (Å²) in [7, 11) is 2.01. The number of ether oxygens (including phenoxy) is 2. The van der Waals surface area contributed by atoms with Gasteiger partial charge in [-0.05, 0) is 24.6 Å². The Morgan fingerprint density at radius 3 is 2.88 bits per heavy atom. The topological polar surface area (TPSA) is 68.6 Å². The molecule has 2 aliphatic heterocycles. The Hall–Kier alpha value is -2.12. The Morgan fingerprint density at radius 1 is 1.28 bits per heavy atom. The minimum atomic E-state index is -0.0487. The molecule has 7 nitrogen and oxygen atoms in total. The second-order valence-electron chi connectivity index (χ2n) is 6.71. The summed E-state index contributed by atoms with van der Waals surface area (Å²) < 4.78 is 12.8. The third-order valence-electron chi connectivity index (χ3n) is 4.99. The molecule has 25 heavy (non-hydrogen) atoms. The van der Waals surface area contributed by atoms with Crippen LogP contribution in [0.15, 0.2) is 18.2 Å². The lowest BCUT2D eigenvalue weighted by molar-refractivity contribution is 0.0945. The Balaban J connectivity index is 1.51. The third kappa shape index (κ3) is 3.34. The molecule has 2 fully saturated rings. The molecule has 1 aromatic carbocycles. The van der Waals surface area contributed by atoms with E-state index in [0.717, 1.165) is 62.9 Å². The number of benzene rings is 1. The molecule has 0 spiro atoms. The molecule has 0 bridgehead atoms. The first-order valence-electron chi connectivity index (χ1n) is 8.87. The van der Waals surface area contributed by atoms with Gasteiger partial charge in [0.25, 0.3) is 5.91 Å². The molecule has 3 heterocycles. The lowest BCUT2D eigenvalue weighted by atomic mass is 10.1. The van der Waals surface area contributed by atoms with Crippen LogP contribution in [0.3, 0.4) is 0 Å². The van der Waals surface area contributed by atoms with Crippen molar-refractivity contribution in [3.05, 3.63) is 23.8 Å². The van der Waals surface area contributed by atoms with E-state index in [-0.39, 0.29) is 5.91 Å². The molecule has 1 aromatic heterocycles. The molecule has 1 N–H and O–H groups in total. The molecule has 134 valence electrons. The number of morpholine rings is 1. The predicted molar refractivity (Wildman–Crippen MR) is 95.0 cm³/mol. The van der Waals surface area contributed by atoms with Crippen molar-refractivity contribution in [2.24, 2.45) is 13.0 Å². The van der Waals surface area contributed by atoms with E-state index in [1.54, 1.807) is 0 Å². The van der Waals surface area contributed by atoms with Crippen LogP contribution in [0.5, 0.6) is 0 Å². The maximum Gasteiger partial charge on any atom is 0.251 e. The Bertz CT molecular complexity index is 761. The summed E-state index contributed by atoms with van der Waals surface area (Å²) in [5, 5.41) is 3.01. The van der Waals surface area contributed by atoms with E-state index in [4.69, 9.17) is 14.5 Å². The van der Waals surface area contributed by atoms with Gasteiger partial charge in [-0.1, -0.05) is 0 Å². The van der Waals surface area contributed by atoms with Crippen LogP contribution in [0.25, 0.3) is 11.0 Å². The number of amides is 1. The van der Waals surface area contributed by atoms with Gasteiger partial charge < -0.3 is 24.3 Å². The zero-order chi connectivity index (χ0) is 17.2. The molecular weight excluding hydrogens is 320 g/mol. The Kier molecular flexibility index (Phi) is 4.59. The van der Waals surface area contributed by atoms with E-state index in [2.05, 4.69) is 14.8 Å². The lowest BCUT2D eigenvalue weighted by Crippen LogP contribution is -2.37. The minimum absolute atomic E-state index is 0.0487. The minimum Gasteiger partial charge on any atom is -0.381 e. The molecule has 7 heteroatoms. The van der Waals surface area contributed by atoms with E-state index in [1.807, 2.05) is 25.2 Å². The number of fused-ring (bicyclic) bond motifs is 1. The second-order valence-corrected chi connectivity index (χ2v) is 6.71. The van der Waals surface area contributed by atoms with Gasteiger partial charge in [0.1, 0.15) is 0 Å². The molecular formula is C18H24N4O3. The average Bonchev–Trinajstić information content (AvgIpc) is 3.28. The Morgan fingerprint density at radius 2 is 2.12 bits per heavy atom. The molecule has 0 radical (unpaired) electrons. The summed E-state index contributed by atoms with van der Waals surface area (Å²) >= 11 is 0. The van der Waals surface area contributed by atoms with Crippen LogP contribution in [0.4, 0.5) is 5.95 Å². The van der Waals surface area contributed by atoms with Gasteiger partial charge >= 0.3 is 0 Å². The summed E-state index contributed by atoms with van der Waals surface area (Å²) in [5.74, 6) is 1.31. The number of nitrogens with zero attached hydrogens (tertiary/aromatic N) is 3. The number of rotatable bonds is 4. The maximum absolute atomic E-state index is 12.4. The van der Waals surface area contributed by atoms with Crippen LogP contribution in [0.1, 0.15) is 16.8 Å². The number of aromatic nitrogens is 2. The number of nitrogens with one attached hydrogen (secondary N) is 1. The summed E-state index contributed by atoms with van der Waals surface area (Å²) in [6.45, 7) is 5.33. The SMILES string of the molecule is Cn1c(N2CCOCC2)nc2cc(C(=O)NC[C@@H]3CCOC3)ccc21. The summed E-state index contributed by atoms with van der Waals surface area (Å²) in [4.78, 5) is 19.4. The van der Waals surface area contributed by atoms with Crippen LogP contribution < -0.4 is 10.2 Å². The highest BCUT2D eigenvalue weighted by Crippen LogP contribution is 2.23. The number of hydrogen-bond donors (Lipinski definition) is 1. The van der Waals surface area contributed by atoms with Gasteiger partial charge in [-0.3, -0.25) is 4.79 Å². The monoisotopic (exact) mass is 344 g/mol. The van der Waals surface area contributed by atoms with Gasteiger partial charge in [-0.2, -0.15) is 0 Å². The third-order valence-corrected chi connectivity index (χ3v) is 4.99. The molecule has 2 aromatic rings. The summed E-state index contributed by atoms with van der Waals surface area (Å²) in [5.41, 5.74) is 2.53. The number of aryl methyl sites for hydroxylation is 1. The summed E-state index contributed by atoms with van der Waals surface area (Å²) in [6.07, 6.45) is 1.02. The van der Waals surface area contributed by atoms with Gasteiger partial charge in [0.05, 0.1) is 30.9 Å². The Labute approximate surface area is 146 Å². The van der Waals surface area contributed by atoms with Crippen molar-refractivity contribution in [3.63, 3.8) is 0 Å². The van der Waals surface area contributed by atoms with Gasteiger partial charge in [-0.25, -0.2) is 4.98 Å². The number of carbonyl (C=O) groups excluding carboxylic acids is 1. The van der Waals surface area contributed by atoms with Gasteiger partial charge in [0.2, 0.25) is 5.95 Å². The molecule has 1 atom stereocenters. The largest absolute Gasteiger partial charge is 0.381 e. The van der Waals surface area contributed by atoms with E-state index in [9.17, 15) is 4.79 Å². The fourth-order valence-corrected chi connectivity index (χ4v) is 3.46. The fraction of sp³-hybridized carbons (Fsp3) is 0.556. The maximum atomic E-state index is 12.4. The van der Waals surface area contributed by atoms with Crippen LogP contribution in [0, 0.1) is 5.92 Å². The number of imidazole rings is 1. The van der Waals surface area contributed by atoms with E-state index >= 15 is 0 Å². The highest BCUT2D eigenvalue weighted by Gasteiger charge is 2.20. The molecule has 4 rings (SSSR count). The van der Waals surface area contributed by atoms with Crippen LogP contribution in [-0.2, 0) is 16.5 Å². The van der Waals surface area contributed by atoms with E-state index in [0.29, 0.717) is 18.0 Å². The molecule has 0 aliphatic carbocycles. The highest BCUT2D eigenvalue weighted by molar-refractivity contribution is 5.97. The van der Waals surface area contributed by atoms with Gasteiger partial charge in [0, 0.05) is 44.8 Å². The molecule has 0 saturated carbocycles. The molecule has 2 saturated heterocycles. The quantitative estimate of drug-likeness (QED) is 0.902. The van der Waals surface area contributed by atoms with Gasteiger partial charge in [0.15, 0.2) is 0 Å². The van der Waals surface area contributed by atoms with Crippen LogP contribution >= 0.6 is 0 Å². The van der Waals surface area contributed by atoms with Crippen molar-refractivity contribution in [3.8, 4) is 0 Å². The van der Waals surface area contributed by atoms with Crippen LogP contribution in [0.2, 0.25) is 0 Å². The molecule has 2 aliphatic rings. The first kappa shape index (κ1) is 16.4. The van der Waals surface area contributed by atoms with E-state index in [1.165, 1.54) is 0 Å². The first-order valence-corrected chi connectivity index (χ1v) is 8.87.